The van der Waals surface area contributed by atoms with Crippen molar-refractivity contribution < 1.29 is 20.0 Å². The first kappa shape index (κ1) is 27.9. The van der Waals surface area contributed by atoms with Gasteiger partial charge in [-0.15, -0.1) is 0 Å². The fraction of sp³-hybridized carbons (Fsp3) is 0.759. The van der Waals surface area contributed by atoms with E-state index in [2.05, 4.69) is 24.4 Å². The fourth-order valence-corrected chi connectivity index (χ4v) is 5.06. The summed E-state index contributed by atoms with van der Waals surface area (Å²) in [7, 11) is 0. The number of aliphatic hydroxyl groups is 1. The van der Waals surface area contributed by atoms with E-state index in [4.69, 9.17) is 4.74 Å². The number of esters is 1. The van der Waals surface area contributed by atoms with Gasteiger partial charge in [0.05, 0.1) is 19.2 Å². The van der Waals surface area contributed by atoms with Gasteiger partial charge in [0.2, 0.25) is 0 Å². The molecule has 0 bridgehead atoms. The van der Waals surface area contributed by atoms with Crippen LogP contribution < -0.4 is 5.32 Å². The molecule has 1 aromatic rings. The van der Waals surface area contributed by atoms with Crippen molar-refractivity contribution in [3.63, 3.8) is 0 Å². The summed E-state index contributed by atoms with van der Waals surface area (Å²) in [5.74, 6) is -0.0333. The molecule has 1 atom stereocenters. The SMILES string of the molecule is CCCCCCC(O)CCCCCCCCCCC(=O)OC1(c2ccccc2)CC[NH2+]CC1. The molecule has 0 aromatic heterocycles. The molecule has 4 heteroatoms. The van der Waals surface area contributed by atoms with Gasteiger partial charge in [-0.05, 0) is 24.8 Å². The highest BCUT2D eigenvalue weighted by Crippen LogP contribution is 2.34. The Kier molecular flexibility index (Phi) is 14.4. The zero-order valence-corrected chi connectivity index (χ0v) is 21.2. The monoisotopic (exact) mass is 460 g/mol. The van der Waals surface area contributed by atoms with Crippen LogP contribution in [0, 0.1) is 0 Å². The lowest BCUT2D eigenvalue weighted by molar-refractivity contribution is -0.668. The van der Waals surface area contributed by atoms with Crippen LogP contribution in [0.3, 0.4) is 0 Å². The zero-order chi connectivity index (χ0) is 23.6. The summed E-state index contributed by atoms with van der Waals surface area (Å²) >= 11 is 0. The Bertz CT molecular complexity index is 613. The standard InChI is InChI=1S/C29H49NO3/c1-2-3-4-14-19-27(31)20-15-9-7-5-6-8-10-16-21-28(32)33-29(22-24-30-25-23-29)26-17-12-11-13-18-26/h11-13,17-18,27,30-31H,2-10,14-16,19-25H2,1H3/p+1. The smallest absolute Gasteiger partial charge is 0.306 e. The maximum atomic E-state index is 12.6. The number of carbonyl (C=O) groups is 1. The molecule has 188 valence electrons. The summed E-state index contributed by atoms with van der Waals surface area (Å²) in [5, 5.41) is 12.3. The molecule has 1 aliphatic heterocycles. The van der Waals surface area contributed by atoms with Crippen LogP contribution in [-0.4, -0.2) is 30.3 Å². The Labute approximate surface area is 202 Å². The van der Waals surface area contributed by atoms with Gasteiger partial charge in [0, 0.05) is 19.3 Å². The number of hydrogen-bond donors (Lipinski definition) is 2. The summed E-state index contributed by atoms with van der Waals surface area (Å²) < 4.78 is 6.11. The summed E-state index contributed by atoms with van der Waals surface area (Å²) in [6, 6.07) is 10.3. The molecule has 1 heterocycles. The van der Waals surface area contributed by atoms with E-state index in [0.29, 0.717) is 6.42 Å². The largest absolute Gasteiger partial charge is 0.454 e. The number of piperidine rings is 1. The molecule has 0 spiro atoms. The third-order valence-corrected chi connectivity index (χ3v) is 7.17. The van der Waals surface area contributed by atoms with Crippen molar-refractivity contribution in [3.8, 4) is 0 Å². The van der Waals surface area contributed by atoms with Gasteiger partial charge in [0.1, 0.15) is 5.60 Å². The third-order valence-electron chi connectivity index (χ3n) is 7.17. The maximum absolute atomic E-state index is 12.6. The van der Waals surface area contributed by atoms with Crippen molar-refractivity contribution in [1.29, 1.82) is 0 Å². The van der Waals surface area contributed by atoms with Gasteiger partial charge < -0.3 is 15.2 Å². The molecule has 3 N–H and O–H groups in total. The molecule has 1 aliphatic rings. The number of quaternary nitrogens is 1. The van der Waals surface area contributed by atoms with Crippen molar-refractivity contribution in [2.24, 2.45) is 0 Å². The Morgan fingerprint density at radius 1 is 0.879 bits per heavy atom. The van der Waals surface area contributed by atoms with Gasteiger partial charge in [-0.1, -0.05) is 108 Å². The predicted octanol–water partition coefficient (Wildman–Crippen LogP) is 6.01. The summed E-state index contributed by atoms with van der Waals surface area (Å²) in [4.78, 5) is 12.6. The molecule has 1 unspecified atom stereocenters. The first-order valence-corrected chi connectivity index (χ1v) is 13.9. The minimum Gasteiger partial charge on any atom is -0.454 e. The summed E-state index contributed by atoms with van der Waals surface area (Å²) in [5.41, 5.74) is 0.728. The molecule has 33 heavy (non-hydrogen) atoms. The lowest BCUT2D eigenvalue weighted by atomic mass is 9.84. The average molecular weight is 461 g/mol. The van der Waals surface area contributed by atoms with Crippen LogP contribution in [0.25, 0.3) is 0 Å². The van der Waals surface area contributed by atoms with Crippen molar-refractivity contribution in [2.45, 2.75) is 128 Å². The normalized spacial score (nSPS) is 16.4. The van der Waals surface area contributed by atoms with Crippen molar-refractivity contribution >= 4 is 5.97 Å². The van der Waals surface area contributed by atoms with Gasteiger partial charge >= 0.3 is 5.97 Å². The highest BCUT2D eigenvalue weighted by Gasteiger charge is 2.39. The van der Waals surface area contributed by atoms with Crippen LogP contribution >= 0.6 is 0 Å². The van der Waals surface area contributed by atoms with E-state index in [9.17, 15) is 9.90 Å². The van der Waals surface area contributed by atoms with Crippen LogP contribution in [0.4, 0.5) is 0 Å². The zero-order valence-electron chi connectivity index (χ0n) is 21.2. The lowest BCUT2D eigenvalue weighted by Gasteiger charge is -2.36. The number of nitrogens with two attached hydrogens (primary N) is 1. The summed E-state index contributed by atoms with van der Waals surface area (Å²) in [6.07, 6.45) is 18.6. The molecule has 0 saturated carbocycles. The highest BCUT2D eigenvalue weighted by atomic mass is 16.6. The van der Waals surface area contributed by atoms with Crippen LogP contribution in [0.15, 0.2) is 30.3 Å². The van der Waals surface area contributed by atoms with Gasteiger partial charge in [-0.3, -0.25) is 4.79 Å². The van der Waals surface area contributed by atoms with Gasteiger partial charge in [-0.2, -0.15) is 0 Å². The minimum atomic E-state index is -0.420. The number of aliphatic hydroxyl groups excluding tert-OH is 1. The molecular weight excluding hydrogens is 410 g/mol. The van der Waals surface area contributed by atoms with E-state index >= 15 is 0 Å². The lowest BCUT2D eigenvalue weighted by Crippen LogP contribution is -2.87. The Hall–Kier alpha value is -1.39. The molecule has 1 saturated heterocycles. The van der Waals surface area contributed by atoms with Gasteiger partial charge in [-0.25, -0.2) is 0 Å². The van der Waals surface area contributed by atoms with E-state index < -0.39 is 5.60 Å². The number of rotatable bonds is 18. The van der Waals surface area contributed by atoms with Crippen LogP contribution in [0.2, 0.25) is 0 Å². The topological polar surface area (TPSA) is 63.1 Å². The minimum absolute atomic E-state index is 0.0333. The quantitative estimate of drug-likeness (QED) is 0.208. The number of benzene rings is 1. The molecule has 2 rings (SSSR count). The predicted molar refractivity (Wildman–Crippen MR) is 136 cm³/mol. The molecule has 1 aromatic carbocycles. The van der Waals surface area contributed by atoms with Crippen molar-refractivity contribution in [2.75, 3.05) is 13.1 Å². The number of hydrogen-bond acceptors (Lipinski definition) is 3. The molecule has 0 aliphatic carbocycles. The first-order chi connectivity index (χ1) is 16.2. The number of unbranched alkanes of at least 4 members (excludes halogenated alkanes) is 10. The van der Waals surface area contributed by atoms with Crippen LogP contribution in [0.1, 0.15) is 122 Å². The number of ether oxygens (including phenoxy) is 1. The average Bonchev–Trinajstić information content (AvgIpc) is 2.84. The Balaban J connectivity index is 1.48. The second-order valence-corrected chi connectivity index (χ2v) is 10.1. The van der Waals surface area contributed by atoms with Crippen LogP contribution in [0.5, 0.6) is 0 Å². The molecule has 4 nitrogen and oxygen atoms in total. The maximum Gasteiger partial charge on any atom is 0.306 e. The molecular formula is C29H50NO3+. The third kappa shape index (κ3) is 11.5. The van der Waals surface area contributed by atoms with E-state index in [1.54, 1.807) is 0 Å². The van der Waals surface area contributed by atoms with E-state index in [1.165, 1.54) is 57.8 Å². The van der Waals surface area contributed by atoms with Crippen molar-refractivity contribution in [1.82, 2.24) is 0 Å². The fourth-order valence-electron chi connectivity index (χ4n) is 5.06. The van der Waals surface area contributed by atoms with E-state index in [1.807, 2.05) is 18.2 Å². The van der Waals surface area contributed by atoms with Crippen LogP contribution in [-0.2, 0) is 15.1 Å². The van der Waals surface area contributed by atoms with E-state index in [0.717, 1.165) is 63.6 Å². The summed E-state index contributed by atoms with van der Waals surface area (Å²) in [6.45, 7) is 4.25. The highest BCUT2D eigenvalue weighted by molar-refractivity contribution is 5.70. The first-order valence-electron chi connectivity index (χ1n) is 13.9. The van der Waals surface area contributed by atoms with Gasteiger partial charge in [0.25, 0.3) is 0 Å². The van der Waals surface area contributed by atoms with Crippen molar-refractivity contribution in [3.05, 3.63) is 35.9 Å². The van der Waals surface area contributed by atoms with Gasteiger partial charge in [0.15, 0.2) is 0 Å². The second kappa shape index (κ2) is 17.1. The molecule has 0 radical (unpaired) electrons. The number of carbonyl (C=O) groups excluding carboxylic acids is 1. The molecule has 0 amide bonds. The van der Waals surface area contributed by atoms with E-state index in [-0.39, 0.29) is 12.1 Å². The Morgan fingerprint density at radius 2 is 1.42 bits per heavy atom. The molecule has 1 fully saturated rings. The second-order valence-electron chi connectivity index (χ2n) is 10.1. The Morgan fingerprint density at radius 3 is 2.03 bits per heavy atom.